The van der Waals surface area contributed by atoms with Crippen molar-refractivity contribution in [1.29, 1.82) is 0 Å². The number of amides is 3. The van der Waals surface area contributed by atoms with E-state index in [1.54, 1.807) is 0 Å². The van der Waals surface area contributed by atoms with Crippen LogP contribution in [0.2, 0.25) is 0 Å². The van der Waals surface area contributed by atoms with Crippen LogP contribution < -0.4 is 16.1 Å². The van der Waals surface area contributed by atoms with Crippen LogP contribution >= 0.6 is 11.8 Å². The molecule has 0 heterocycles. The summed E-state index contributed by atoms with van der Waals surface area (Å²) in [6.45, 7) is 13.0. The van der Waals surface area contributed by atoms with Crippen molar-refractivity contribution >= 4 is 29.5 Å². The molecule has 1 aromatic rings. The first-order valence-electron chi connectivity index (χ1n) is 11.1. The highest BCUT2D eigenvalue weighted by Crippen LogP contribution is 2.32. The lowest BCUT2D eigenvalue weighted by Gasteiger charge is -2.36. The Balaban J connectivity index is 3.18. The smallest absolute Gasteiger partial charge is 0.272 e. The summed E-state index contributed by atoms with van der Waals surface area (Å²) in [6, 6.07) is 8.87. The molecule has 186 valence electrons. The van der Waals surface area contributed by atoms with Crippen molar-refractivity contribution in [2.75, 3.05) is 0 Å². The SMILES string of the molecule is CC(C)CC(C(=O)NC(C(=O)NC(C)(C)C)C(C)(C)SCc1ccccc1)C(O)C(=O)NO. The predicted molar refractivity (Wildman–Crippen MR) is 131 cm³/mol. The molecule has 0 aliphatic heterocycles. The fourth-order valence-corrected chi connectivity index (χ4v) is 4.37. The number of hydroxylamine groups is 1. The topological polar surface area (TPSA) is 128 Å². The van der Waals surface area contributed by atoms with Gasteiger partial charge < -0.3 is 15.7 Å². The van der Waals surface area contributed by atoms with E-state index in [1.165, 1.54) is 17.2 Å². The van der Waals surface area contributed by atoms with E-state index in [0.717, 1.165) is 5.56 Å². The molecular weight excluding hydrogens is 442 g/mol. The number of aliphatic hydroxyl groups excluding tert-OH is 1. The number of carbonyl (C=O) groups excluding carboxylic acids is 3. The van der Waals surface area contributed by atoms with Gasteiger partial charge in [0.1, 0.15) is 12.1 Å². The van der Waals surface area contributed by atoms with E-state index >= 15 is 0 Å². The van der Waals surface area contributed by atoms with Crippen LogP contribution in [0.1, 0.15) is 60.5 Å². The van der Waals surface area contributed by atoms with Crippen molar-refractivity contribution in [2.24, 2.45) is 11.8 Å². The lowest BCUT2D eigenvalue weighted by Crippen LogP contribution is -2.61. The third-order valence-electron chi connectivity index (χ3n) is 5.02. The summed E-state index contributed by atoms with van der Waals surface area (Å²) in [5.74, 6) is -2.55. The summed E-state index contributed by atoms with van der Waals surface area (Å²) < 4.78 is -0.715. The first kappa shape index (κ1) is 28.9. The first-order chi connectivity index (χ1) is 15.2. The quantitative estimate of drug-likeness (QED) is 0.244. The van der Waals surface area contributed by atoms with Gasteiger partial charge in [-0.15, -0.1) is 11.8 Å². The third-order valence-corrected chi connectivity index (χ3v) is 6.48. The maximum atomic E-state index is 13.2. The molecule has 5 N–H and O–H groups in total. The molecular formula is C24H39N3O5S. The second kappa shape index (κ2) is 12.4. The third kappa shape index (κ3) is 9.73. The van der Waals surface area contributed by atoms with Crippen molar-refractivity contribution in [3.63, 3.8) is 0 Å². The molecule has 0 radical (unpaired) electrons. The van der Waals surface area contributed by atoms with Crippen LogP contribution in [0.4, 0.5) is 0 Å². The number of thioether (sulfide) groups is 1. The molecule has 0 saturated heterocycles. The van der Waals surface area contributed by atoms with E-state index in [0.29, 0.717) is 5.75 Å². The van der Waals surface area contributed by atoms with E-state index in [1.807, 2.05) is 78.8 Å². The Morgan fingerprint density at radius 3 is 2.03 bits per heavy atom. The number of hydrogen-bond acceptors (Lipinski definition) is 6. The fraction of sp³-hybridized carbons (Fsp3) is 0.625. The number of hydrogen-bond donors (Lipinski definition) is 5. The monoisotopic (exact) mass is 481 g/mol. The molecule has 0 aliphatic rings. The predicted octanol–water partition coefficient (Wildman–Crippen LogP) is 2.63. The van der Waals surface area contributed by atoms with Gasteiger partial charge in [0.2, 0.25) is 11.8 Å². The van der Waals surface area contributed by atoms with Crippen molar-refractivity contribution in [3.05, 3.63) is 35.9 Å². The summed E-state index contributed by atoms with van der Waals surface area (Å²) in [5, 5.41) is 25.0. The van der Waals surface area contributed by atoms with Crippen LogP contribution in [0.3, 0.4) is 0 Å². The zero-order chi connectivity index (χ0) is 25.4. The van der Waals surface area contributed by atoms with Crippen molar-refractivity contribution in [2.45, 2.75) is 83.1 Å². The Labute approximate surface area is 201 Å². The molecule has 8 nitrogen and oxygen atoms in total. The van der Waals surface area contributed by atoms with Gasteiger partial charge in [0.25, 0.3) is 5.91 Å². The fourth-order valence-electron chi connectivity index (χ4n) is 3.31. The molecule has 33 heavy (non-hydrogen) atoms. The molecule has 1 aromatic carbocycles. The number of benzene rings is 1. The normalized spacial score (nSPS) is 14.8. The lowest BCUT2D eigenvalue weighted by molar-refractivity contribution is -0.147. The molecule has 0 spiro atoms. The Morgan fingerprint density at radius 1 is 0.970 bits per heavy atom. The van der Waals surface area contributed by atoms with Crippen LogP contribution in [0.5, 0.6) is 0 Å². The van der Waals surface area contributed by atoms with Crippen molar-refractivity contribution < 1.29 is 24.7 Å². The molecule has 0 bridgehead atoms. The zero-order valence-corrected chi connectivity index (χ0v) is 21.5. The highest BCUT2D eigenvalue weighted by molar-refractivity contribution is 7.99. The molecule has 3 atom stereocenters. The second-order valence-corrected chi connectivity index (χ2v) is 11.8. The summed E-state index contributed by atoms with van der Waals surface area (Å²) in [6.07, 6.45) is -1.55. The van der Waals surface area contributed by atoms with Gasteiger partial charge in [-0.3, -0.25) is 19.6 Å². The minimum absolute atomic E-state index is 0.00999. The Bertz CT molecular complexity index is 793. The van der Waals surface area contributed by atoms with Gasteiger partial charge in [0.05, 0.1) is 5.92 Å². The maximum Gasteiger partial charge on any atom is 0.272 e. The molecule has 3 amide bonds. The summed E-state index contributed by atoms with van der Waals surface area (Å²) >= 11 is 1.52. The molecule has 0 aliphatic carbocycles. The number of rotatable bonds is 11. The van der Waals surface area contributed by atoms with Gasteiger partial charge in [0, 0.05) is 16.0 Å². The van der Waals surface area contributed by atoms with E-state index in [9.17, 15) is 19.5 Å². The average molecular weight is 482 g/mol. The van der Waals surface area contributed by atoms with Crippen LogP contribution in [-0.2, 0) is 20.1 Å². The van der Waals surface area contributed by atoms with Gasteiger partial charge in [-0.2, -0.15) is 0 Å². The van der Waals surface area contributed by atoms with Crippen LogP contribution in [0.25, 0.3) is 0 Å². The molecule has 0 saturated carbocycles. The Hall–Kier alpha value is -2.10. The van der Waals surface area contributed by atoms with Gasteiger partial charge in [-0.05, 0) is 52.5 Å². The average Bonchev–Trinajstić information content (AvgIpc) is 2.72. The van der Waals surface area contributed by atoms with Crippen LogP contribution in [-0.4, -0.2) is 50.5 Å². The number of carbonyl (C=O) groups is 3. The van der Waals surface area contributed by atoms with E-state index < -0.39 is 40.2 Å². The largest absolute Gasteiger partial charge is 0.382 e. The summed E-state index contributed by atoms with van der Waals surface area (Å²) in [5.41, 5.74) is 1.96. The van der Waals surface area contributed by atoms with Gasteiger partial charge in [-0.25, -0.2) is 5.48 Å². The molecule has 1 rings (SSSR count). The first-order valence-corrected chi connectivity index (χ1v) is 12.1. The highest BCUT2D eigenvalue weighted by Gasteiger charge is 2.41. The van der Waals surface area contributed by atoms with Gasteiger partial charge in [0.15, 0.2) is 0 Å². The zero-order valence-electron chi connectivity index (χ0n) is 20.6. The lowest BCUT2D eigenvalue weighted by atomic mass is 9.89. The van der Waals surface area contributed by atoms with E-state index in [-0.39, 0.29) is 18.2 Å². The van der Waals surface area contributed by atoms with E-state index in [4.69, 9.17) is 5.21 Å². The van der Waals surface area contributed by atoms with Gasteiger partial charge >= 0.3 is 0 Å². The van der Waals surface area contributed by atoms with Gasteiger partial charge in [-0.1, -0.05) is 44.2 Å². The molecule has 0 fully saturated rings. The summed E-state index contributed by atoms with van der Waals surface area (Å²) in [4.78, 5) is 38.3. The highest BCUT2D eigenvalue weighted by atomic mass is 32.2. The summed E-state index contributed by atoms with van der Waals surface area (Å²) in [7, 11) is 0. The standard InChI is InChI=1S/C24H39N3O5S/c1-15(2)13-17(18(28)21(30)27-32)20(29)25-19(22(31)26-23(3,4)5)24(6,7)33-14-16-11-9-8-10-12-16/h8-12,15,17-19,28,32H,13-14H2,1-7H3,(H,25,29)(H,26,31)(H,27,30). The number of aliphatic hydroxyl groups is 1. The molecule has 0 aromatic heterocycles. The van der Waals surface area contributed by atoms with Crippen molar-refractivity contribution in [1.82, 2.24) is 16.1 Å². The minimum atomic E-state index is -1.75. The second-order valence-electron chi connectivity index (χ2n) is 10.2. The van der Waals surface area contributed by atoms with E-state index in [2.05, 4.69) is 10.6 Å². The molecule has 9 heteroatoms. The Kier molecular flexibility index (Phi) is 10.9. The number of nitrogens with one attached hydrogen (secondary N) is 3. The van der Waals surface area contributed by atoms with Crippen LogP contribution in [0.15, 0.2) is 30.3 Å². The Morgan fingerprint density at radius 2 is 1.55 bits per heavy atom. The van der Waals surface area contributed by atoms with Crippen molar-refractivity contribution in [3.8, 4) is 0 Å². The minimum Gasteiger partial charge on any atom is -0.382 e. The van der Waals surface area contributed by atoms with Crippen LogP contribution in [0, 0.1) is 11.8 Å². The molecule has 3 unspecified atom stereocenters. The maximum absolute atomic E-state index is 13.2.